The van der Waals surface area contributed by atoms with E-state index >= 15 is 0 Å². The van der Waals surface area contributed by atoms with Crippen LogP contribution in [0, 0.1) is 12.7 Å². The fraction of sp³-hybridized carbons (Fsp3) is 0.118. The van der Waals surface area contributed by atoms with Crippen LogP contribution in [-0.4, -0.2) is 10.5 Å². The Morgan fingerprint density at radius 1 is 1.14 bits per heavy atom. The van der Waals surface area contributed by atoms with E-state index in [-0.39, 0.29) is 18.1 Å². The Morgan fingerprint density at radius 3 is 2.76 bits per heavy atom. The summed E-state index contributed by atoms with van der Waals surface area (Å²) in [4.78, 5) is 12.1. The molecule has 21 heavy (non-hydrogen) atoms. The van der Waals surface area contributed by atoms with Crippen molar-refractivity contribution in [3.63, 3.8) is 0 Å². The Kier molecular flexibility index (Phi) is 3.44. The van der Waals surface area contributed by atoms with Gasteiger partial charge in [0.05, 0.1) is 5.69 Å². The molecule has 0 fully saturated rings. The van der Waals surface area contributed by atoms with Gasteiger partial charge in [0, 0.05) is 17.1 Å². The summed E-state index contributed by atoms with van der Waals surface area (Å²) in [6, 6.07) is 14.1. The van der Waals surface area contributed by atoms with Gasteiger partial charge in [-0.25, -0.2) is 4.39 Å². The lowest BCUT2D eigenvalue weighted by Crippen LogP contribution is -2.18. The van der Waals surface area contributed by atoms with E-state index in [4.69, 9.17) is 0 Å². The van der Waals surface area contributed by atoms with Gasteiger partial charge in [-0.1, -0.05) is 24.3 Å². The predicted octanol–water partition coefficient (Wildman–Crippen LogP) is 3.73. The lowest BCUT2D eigenvalue weighted by molar-refractivity contribution is -0.116. The second kappa shape index (κ2) is 5.40. The number of amides is 1. The highest BCUT2D eigenvalue weighted by atomic mass is 19.1. The maximum Gasteiger partial charge on any atom is 0.244 e. The second-order valence-electron chi connectivity index (χ2n) is 4.98. The zero-order valence-corrected chi connectivity index (χ0v) is 11.6. The van der Waals surface area contributed by atoms with Crippen molar-refractivity contribution in [3.8, 4) is 0 Å². The molecule has 0 aliphatic rings. The maximum absolute atomic E-state index is 13.5. The molecule has 0 atom stereocenters. The molecule has 3 nitrogen and oxygen atoms in total. The third-order valence-electron chi connectivity index (χ3n) is 3.49. The van der Waals surface area contributed by atoms with Crippen LogP contribution in [0.1, 0.15) is 5.56 Å². The Bertz CT molecular complexity index is 807. The molecule has 0 radical (unpaired) electrons. The summed E-state index contributed by atoms with van der Waals surface area (Å²) in [5.41, 5.74) is 2.37. The smallest absolute Gasteiger partial charge is 0.244 e. The first-order chi connectivity index (χ1) is 10.1. The van der Waals surface area contributed by atoms with E-state index in [1.54, 1.807) is 18.2 Å². The van der Waals surface area contributed by atoms with Gasteiger partial charge in [-0.15, -0.1) is 0 Å². The molecule has 1 heterocycles. The normalized spacial score (nSPS) is 10.8. The molecule has 3 aromatic rings. The number of hydrogen-bond acceptors (Lipinski definition) is 1. The van der Waals surface area contributed by atoms with Crippen LogP contribution in [0.3, 0.4) is 0 Å². The number of halogens is 1. The van der Waals surface area contributed by atoms with Crippen molar-refractivity contribution in [1.82, 2.24) is 4.57 Å². The van der Waals surface area contributed by atoms with E-state index < -0.39 is 5.82 Å². The number of carbonyl (C=O) groups is 1. The molecular weight excluding hydrogens is 267 g/mol. The Morgan fingerprint density at radius 2 is 1.95 bits per heavy atom. The summed E-state index contributed by atoms with van der Waals surface area (Å²) in [7, 11) is 0. The number of nitrogens with one attached hydrogen (secondary N) is 1. The summed E-state index contributed by atoms with van der Waals surface area (Å²) >= 11 is 0. The number of benzene rings is 2. The van der Waals surface area contributed by atoms with Crippen LogP contribution in [0.25, 0.3) is 10.9 Å². The number of anilines is 1. The lowest BCUT2D eigenvalue weighted by atomic mass is 10.1. The van der Waals surface area contributed by atoms with Crippen LogP contribution in [-0.2, 0) is 11.3 Å². The molecule has 0 spiro atoms. The standard InChI is InChI=1S/C17H15FN2O/c1-12-5-4-8-16-13(12)9-10-20(16)11-17(21)19-15-7-3-2-6-14(15)18/h2-10H,11H2,1H3,(H,19,21). The van der Waals surface area contributed by atoms with Gasteiger partial charge in [0.15, 0.2) is 0 Å². The summed E-state index contributed by atoms with van der Waals surface area (Å²) in [5, 5.41) is 3.71. The highest BCUT2D eigenvalue weighted by Gasteiger charge is 2.09. The maximum atomic E-state index is 13.5. The van der Waals surface area contributed by atoms with Crippen LogP contribution in [0.5, 0.6) is 0 Å². The topological polar surface area (TPSA) is 34.0 Å². The van der Waals surface area contributed by atoms with E-state index in [2.05, 4.69) is 5.32 Å². The van der Waals surface area contributed by atoms with Gasteiger partial charge < -0.3 is 9.88 Å². The molecule has 0 aliphatic carbocycles. The largest absolute Gasteiger partial charge is 0.338 e. The second-order valence-corrected chi connectivity index (χ2v) is 4.98. The van der Waals surface area contributed by atoms with Gasteiger partial charge in [0.25, 0.3) is 0 Å². The molecule has 0 saturated heterocycles. The molecule has 1 N–H and O–H groups in total. The van der Waals surface area contributed by atoms with E-state index in [1.807, 2.05) is 42.0 Å². The molecule has 1 amide bonds. The lowest BCUT2D eigenvalue weighted by Gasteiger charge is -2.08. The van der Waals surface area contributed by atoms with Crippen molar-refractivity contribution < 1.29 is 9.18 Å². The molecule has 4 heteroatoms. The van der Waals surface area contributed by atoms with E-state index in [9.17, 15) is 9.18 Å². The Labute approximate surface area is 122 Å². The van der Waals surface area contributed by atoms with Crippen LogP contribution in [0.15, 0.2) is 54.7 Å². The van der Waals surface area contributed by atoms with Crippen LogP contribution in [0.4, 0.5) is 10.1 Å². The summed E-state index contributed by atoms with van der Waals surface area (Å²) in [6.07, 6.45) is 1.87. The van der Waals surface area contributed by atoms with Crippen molar-refractivity contribution in [2.24, 2.45) is 0 Å². The first kappa shape index (κ1) is 13.4. The summed E-state index contributed by atoms with van der Waals surface area (Å²) in [6.45, 7) is 2.19. The van der Waals surface area contributed by atoms with Crippen LogP contribution < -0.4 is 5.32 Å². The Balaban J connectivity index is 1.81. The molecule has 3 rings (SSSR count). The number of carbonyl (C=O) groups excluding carboxylic acids is 1. The minimum absolute atomic E-state index is 0.154. The van der Waals surface area contributed by atoms with Gasteiger partial charge in [-0.3, -0.25) is 4.79 Å². The van der Waals surface area contributed by atoms with Gasteiger partial charge in [0.1, 0.15) is 12.4 Å². The molecule has 0 bridgehead atoms. The SMILES string of the molecule is Cc1cccc2c1ccn2CC(=O)Nc1ccccc1F. The minimum atomic E-state index is -0.431. The van der Waals surface area contributed by atoms with Crippen molar-refractivity contribution in [2.75, 3.05) is 5.32 Å². The average molecular weight is 282 g/mol. The van der Waals surface area contributed by atoms with E-state index in [0.717, 1.165) is 10.9 Å². The molecule has 106 valence electrons. The van der Waals surface area contributed by atoms with Crippen molar-refractivity contribution in [3.05, 3.63) is 66.1 Å². The predicted molar refractivity (Wildman–Crippen MR) is 81.7 cm³/mol. The quantitative estimate of drug-likeness (QED) is 0.780. The highest BCUT2D eigenvalue weighted by molar-refractivity contribution is 5.92. The van der Waals surface area contributed by atoms with Gasteiger partial charge >= 0.3 is 0 Å². The molecule has 1 aromatic heterocycles. The number of aromatic nitrogens is 1. The number of para-hydroxylation sites is 1. The molecule has 0 aliphatic heterocycles. The first-order valence-electron chi connectivity index (χ1n) is 6.74. The summed E-state index contributed by atoms with van der Waals surface area (Å²) in [5.74, 6) is -0.682. The monoisotopic (exact) mass is 282 g/mol. The highest BCUT2D eigenvalue weighted by Crippen LogP contribution is 2.19. The number of hydrogen-bond donors (Lipinski definition) is 1. The number of nitrogens with zero attached hydrogens (tertiary/aromatic N) is 1. The Hall–Kier alpha value is -2.62. The molecule has 2 aromatic carbocycles. The van der Waals surface area contributed by atoms with Crippen molar-refractivity contribution in [2.45, 2.75) is 13.5 Å². The third kappa shape index (κ3) is 2.65. The van der Waals surface area contributed by atoms with Crippen molar-refractivity contribution in [1.29, 1.82) is 0 Å². The van der Waals surface area contributed by atoms with Gasteiger partial charge in [-0.2, -0.15) is 0 Å². The van der Waals surface area contributed by atoms with Crippen LogP contribution >= 0.6 is 0 Å². The summed E-state index contributed by atoms with van der Waals surface area (Å²) < 4.78 is 15.4. The average Bonchev–Trinajstić information content (AvgIpc) is 2.86. The fourth-order valence-corrected chi connectivity index (χ4v) is 2.42. The van der Waals surface area contributed by atoms with Crippen molar-refractivity contribution >= 4 is 22.5 Å². The number of aryl methyl sites for hydroxylation is 1. The van der Waals surface area contributed by atoms with Crippen LogP contribution in [0.2, 0.25) is 0 Å². The number of fused-ring (bicyclic) bond motifs is 1. The zero-order valence-electron chi connectivity index (χ0n) is 11.6. The number of rotatable bonds is 3. The zero-order chi connectivity index (χ0) is 14.8. The molecule has 0 saturated carbocycles. The van der Waals surface area contributed by atoms with E-state index in [1.165, 1.54) is 11.6 Å². The molecular formula is C17H15FN2O. The van der Waals surface area contributed by atoms with Gasteiger partial charge in [0.2, 0.25) is 5.91 Å². The van der Waals surface area contributed by atoms with E-state index in [0.29, 0.717) is 0 Å². The fourth-order valence-electron chi connectivity index (χ4n) is 2.42. The minimum Gasteiger partial charge on any atom is -0.338 e. The molecule has 0 unspecified atom stereocenters. The third-order valence-corrected chi connectivity index (χ3v) is 3.49. The first-order valence-corrected chi connectivity index (χ1v) is 6.74. The van der Waals surface area contributed by atoms with Gasteiger partial charge in [-0.05, 0) is 36.8 Å².